The molecule has 15 heavy (non-hydrogen) atoms. The van der Waals surface area contributed by atoms with E-state index in [2.05, 4.69) is 52.0 Å². The Morgan fingerprint density at radius 3 is 1.87 bits per heavy atom. The van der Waals surface area contributed by atoms with E-state index < -0.39 is 0 Å². The molecule has 0 heteroatoms. The molecule has 0 nitrogen and oxygen atoms in total. The molecule has 1 rings (SSSR count). The van der Waals surface area contributed by atoms with Gasteiger partial charge in [0.2, 0.25) is 0 Å². The normalized spacial score (nSPS) is 11.3. The first-order valence-electron chi connectivity index (χ1n) is 6.26. The zero-order valence-corrected chi connectivity index (χ0v) is 10.6. The molecule has 84 valence electrons. The molecule has 1 aromatic carbocycles. The molecule has 0 N–H and O–H groups in total. The molecular formula is C15H24. The van der Waals surface area contributed by atoms with Crippen LogP contribution in [0.25, 0.3) is 0 Å². The maximum atomic E-state index is 2.31. The third-order valence-corrected chi connectivity index (χ3v) is 3.08. The summed E-state index contributed by atoms with van der Waals surface area (Å²) in [6.45, 7) is 9.09. The van der Waals surface area contributed by atoms with E-state index >= 15 is 0 Å². The van der Waals surface area contributed by atoms with Gasteiger partial charge in [0.1, 0.15) is 0 Å². The van der Waals surface area contributed by atoms with Crippen LogP contribution in [0.1, 0.15) is 57.6 Å². The molecular weight excluding hydrogens is 180 g/mol. The lowest BCUT2D eigenvalue weighted by Gasteiger charge is -2.13. The van der Waals surface area contributed by atoms with E-state index in [1.54, 1.807) is 0 Å². The van der Waals surface area contributed by atoms with Crippen molar-refractivity contribution in [2.75, 3.05) is 0 Å². The summed E-state index contributed by atoms with van der Waals surface area (Å²) < 4.78 is 0. The molecule has 0 fully saturated rings. The predicted octanol–water partition coefficient (Wildman–Crippen LogP) is 4.79. The second-order valence-corrected chi connectivity index (χ2v) is 4.85. The quantitative estimate of drug-likeness (QED) is 0.647. The Bertz CT molecular complexity index is 265. The topological polar surface area (TPSA) is 0 Å². The van der Waals surface area contributed by atoms with Crippen molar-refractivity contribution in [1.29, 1.82) is 0 Å². The summed E-state index contributed by atoms with van der Waals surface area (Å²) in [5, 5.41) is 0. The van der Waals surface area contributed by atoms with Crippen LogP contribution in [0.2, 0.25) is 0 Å². The van der Waals surface area contributed by atoms with Gasteiger partial charge in [0.05, 0.1) is 0 Å². The van der Waals surface area contributed by atoms with Crippen molar-refractivity contribution in [3.8, 4) is 0 Å². The van der Waals surface area contributed by atoms with Crippen molar-refractivity contribution in [2.24, 2.45) is 5.92 Å². The standard InChI is InChI=1S/C15H24/c1-5-14(6-2)15-9-7-13(8-10-15)11-12(3)4/h7-10,12,14H,5-6,11H2,1-4H3. The zero-order chi connectivity index (χ0) is 11.3. The Morgan fingerprint density at radius 2 is 1.47 bits per heavy atom. The highest BCUT2D eigenvalue weighted by Crippen LogP contribution is 2.23. The van der Waals surface area contributed by atoms with Crippen LogP contribution in [0.5, 0.6) is 0 Å². The summed E-state index contributed by atoms with van der Waals surface area (Å²) >= 11 is 0. The van der Waals surface area contributed by atoms with Crippen molar-refractivity contribution in [3.05, 3.63) is 35.4 Å². The molecule has 0 saturated heterocycles. The minimum Gasteiger partial charge on any atom is -0.0648 e. The van der Waals surface area contributed by atoms with E-state index in [0.717, 1.165) is 11.8 Å². The predicted molar refractivity (Wildman–Crippen MR) is 68.3 cm³/mol. The van der Waals surface area contributed by atoms with Crippen molar-refractivity contribution in [2.45, 2.75) is 52.9 Å². The minimum absolute atomic E-state index is 0.748. The third kappa shape index (κ3) is 3.70. The van der Waals surface area contributed by atoms with Crippen LogP contribution in [-0.4, -0.2) is 0 Å². The van der Waals surface area contributed by atoms with Gasteiger partial charge in [-0.05, 0) is 42.2 Å². The van der Waals surface area contributed by atoms with Crippen LogP contribution in [0.15, 0.2) is 24.3 Å². The summed E-state index contributed by atoms with van der Waals surface area (Å²) in [5.74, 6) is 1.50. The zero-order valence-electron chi connectivity index (χ0n) is 10.6. The van der Waals surface area contributed by atoms with Gasteiger partial charge in [-0.1, -0.05) is 52.0 Å². The molecule has 0 aliphatic heterocycles. The lowest BCUT2D eigenvalue weighted by Crippen LogP contribution is -1.97. The molecule has 0 bridgehead atoms. The average Bonchev–Trinajstić information content (AvgIpc) is 2.21. The van der Waals surface area contributed by atoms with Crippen molar-refractivity contribution >= 4 is 0 Å². The fourth-order valence-electron chi connectivity index (χ4n) is 2.16. The second kappa shape index (κ2) is 5.95. The van der Waals surface area contributed by atoms with E-state index in [9.17, 15) is 0 Å². The molecule has 0 spiro atoms. The summed E-state index contributed by atoms with van der Waals surface area (Å²) in [6.07, 6.45) is 3.70. The number of hydrogen-bond acceptors (Lipinski definition) is 0. The van der Waals surface area contributed by atoms with Gasteiger partial charge in [-0.2, -0.15) is 0 Å². The van der Waals surface area contributed by atoms with E-state index in [-0.39, 0.29) is 0 Å². The SMILES string of the molecule is CCC(CC)c1ccc(CC(C)C)cc1. The van der Waals surface area contributed by atoms with E-state index in [0.29, 0.717) is 0 Å². The van der Waals surface area contributed by atoms with Crippen LogP contribution < -0.4 is 0 Å². The van der Waals surface area contributed by atoms with Crippen molar-refractivity contribution < 1.29 is 0 Å². The lowest BCUT2D eigenvalue weighted by atomic mass is 9.92. The molecule has 0 saturated carbocycles. The van der Waals surface area contributed by atoms with Crippen LogP contribution in [0.3, 0.4) is 0 Å². The highest BCUT2D eigenvalue weighted by atomic mass is 14.1. The van der Waals surface area contributed by atoms with Gasteiger partial charge in [-0.25, -0.2) is 0 Å². The molecule has 0 aliphatic carbocycles. The molecule has 0 heterocycles. The number of hydrogen-bond donors (Lipinski definition) is 0. The van der Waals surface area contributed by atoms with Gasteiger partial charge in [0, 0.05) is 0 Å². The smallest absolute Gasteiger partial charge is 0.0167 e. The Morgan fingerprint density at radius 1 is 0.933 bits per heavy atom. The molecule has 0 unspecified atom stereocenters. The number of rotatable bonds is 5. The first kappa shape index (κ1) is 12.3. The van der Waals surface area contributed by atoms with Crippen LogP contribution in [-0.2, 0) is 6.42 Å². The van der Waals surface area contributed by atoms with Gasteiger partial charge < -0.3 is 0 Å². The fourth-order valence-corrected chi connectivity index (χ4v) is 2.16. The van der Waals surface area contributed by atoms with Crippen molar-refractivity contribution in [3.63, 3.8) is 0 Å². The molecule has 0 atom stereocenters. The molecule has 0 aromatic heterocycles. The Balaban J connectivity index is 2.71. The number of benzene rings is 1. The highest BCUT2D eigenvalue weighted by Gasteiger charge is 2.06. The van der Waals surface area contributed by atoms with Gasteiger partial charge in [-0.3, -0.25) is 0 Å². The first-order valence-corrected chi connectivity index (χ1v) is 6.26. The van der Waals surface area contributed by atoms with Gasteiger partial charge >= 0.3 is 0 Å². The molecule has 0 radical (unpaired) electrons. The lowest BCUT2D eigenvalue weighted by molar-refractivity contribution is 0.635. The van der Waals surface area contributed by atoms with Gasteiger partial charge in [0.15, 0.2) is 0 Å². The largest absolute Gasteiger partial charge is 0.0648 e. The van der Waals surface area contributed by atoms with E-state index in [4.69, 9.17) is 0 Å². The van der Waals surface area contributed by atoms with Gasteiger partial charge in [0.25, 0.3) is 0 Å². The van der Waals surface area contributed by atoms with E-state index in [1.165, 1.54) is 30.4 Å². The summed E-state index contributed by atoms with van der Waals surface area (Å²) in [6, 6.07) is 9.23. The monoisotopic (exact) mass is 204 g/mol. The highest BCUT2D eigenvalue weighted by molar-refractivity contribution is 5.25. The minimum atomic E-state index is 0.748. The molecule has 0 amide bonds. The Kier molecular flexibility index (Phi) is 4.87. The maximum absolute atomic E-state index is 2.31. The second-order valence-electron chi connectivity index (χ2n) is 4.85. The molecule has 0 aliphatic rings. The summed E-state index contributed by atoms with van der Waals surface area (Å²) in [7, 11) is 0. The van der Waals surface area contributed by atoms with E-state index in [1.807, 2.05) is 0 Å². The third-order valence-electron chi connectivity index (χ3n) is 3.08. The van der Waals surface area contributed by atoms with Crippen LogP contribution >= 0.6 is 0 Å². The molecule has 1 aromatic rings. The fraction of sp³-hybridized carbons (Fsp3) is 0.600. The van der Waals surface area contributed by atoms with Crippen molar-refractivity contribution in [1.82, 2.24) is 0 Å². The average molecular weight is 204 g/mol. The van der Waals surface area contributed by atoms with Crippen LogP contribution in [0, 0.1) is 5.92 Å². The Hall–Kier alpha value is -0.780. The summed E-state index contributed by atoms with van der Waals surface area (Å²) in [4.78, 5) is 0. The van der Waals surface area contributed by atoms with Crippen LogP contribution in [0.4, 0.5) is 0 Å². The Labute approximate surface area is 94.7 Å². The van der Waals surface area contributed by atoms with Gasteiger partial charge in [-0.15, -0.1) is 0 Å². The summed E-state index contributed by atoms with van der Waals surface area (Å²) in [5.41, 5.74) is 2.98. The maximum Gasteiger partial charge on any atom is -0.0167 e. The first-order chi connectivity index (χ1) is 7.17.